The number of para-hydroxylation sites is 1. The molecule has 4 heterocycles. The van der Waals surface area contributed by atoms with Gasteiger partial charge in [-0.1, -0.05) is 24.8 Å². The molecule has 9 nitrogen and oxygen atoms in total. The van der Waals surface area contributed by atoms with Gasteiger partial charge in [0.15, 0.2) is 0 Å². The molecule has 41 heavy (non-hydrogen) atoms. The molecule has 0 saturated carbocycles. The van der Waals surface area contributed by atoms with Crippen molar-refractivity contribution in [2.75, 3.05) is 56.1 Å². The van der Waals surface area contributed by atoms with Crippen molar-refractivity contribution in [2.24, 2.45) is 0 Å². The summed E-state index contributed by atoms with van der Waals surface area (Å²) in [5.74, 6) is 0.633. The summed E-state index contributed by atoms with van der Waals surface area (Å²) in [6, 6.07) is 11.0. The minimum absolute atomic E-state index is 0.168. The molecule has 216 valence electrons. The van der Waals surface area contributed by atoms with Crippen LogP contribution in [0.2, 0.25) is 0 Å². The predicted octanol–water partition coefficient (Wildman–Crippen LogP) is 3.38. The zero-order valence-electron chi connectivity index (χ0n) is 26.7. The van der Waals surface area contributed by atoms with Crippen LogP contribution in [0.1, 0.15) is 53.0 Å². The molecule has 0 unspecified atom stereocenters. The van der Waals surface area contributed by atoms with Gasteiger partial charge in [0.1, 0.15) is 12.4 Å². The molecule has 3 atom stereocenters. The van der Waals surface area contributed by atoms with Gasteiger partial charge in [-0.25, -0.2) is 0 Å². The number of benzene rings is 1. The van der Waals surface area contributed by atoms with Crippen LogP contribution in [0.25, 0.3) is 0 Å². The van der Waals surface area contributed by atoms with Crippen molar-refractivity contribution < 1.29 is 13.6 Å². The topological polar surface area (TPSA) is 88.8 Å². The summed E-state index contributed by atoms with van der Waals surface area (Å²) in [4.78, 5) is 30.4. The first-order valence-electron chi connectivity index (χ1n) is 16.5. The van der Waals surface area contributed by atoms with Gasteiger partial charge in [-0.05, 0) is 69.8 Å². The first kappa shape index (κ1) is 24.0. The number of likely N-dealkylation sites (N-methyl/N-ethyl adjacent to an activating group) is 1. The molecule has 1 aromatic carbocycles. The first-order chi connectivity index (χ1) is 21.3. The van der Waals surface area contributed by atoms with E-state index in [1.54, 1.807) is 9.80 Å². The standard InChI is InChI=1S/C32H41N7O2/c1-3-30(40)39-19-18-37(21-25(39)14-15-33)31-27-13-12-24(38-17-6-9-23-8-4-5-11-29(23)38)20-28(27)34-32(35-31)41-22-26-10-7-16-36(26)2/h3-5,8,11,24-26H,1,6-7,9-10,12-14,16-22H2,2H3/t24-,25-,26-/m0/s1/i2D3. The number of nitrogens with zero attached hydrogens (tertiary/aromatic N) is 7. The van der Waals surface area contributed by atoms with Gasteiger partial charge in [-0.3, -0.25) is 4.79 Å². The second kappa shape index (κ2) is 12.1. The van der Waals surface area contributed by atoms with Crippen LogP contribution in [0.3, 0.4) is 0 Å². The minimum Gasteiger partial charge on any atom is -0.462 e. The Morgan fingerprint density at radius 3 is 2.93 bits per heavy atom. The summed E-state index contributed by atoms with van der Waals surface area (Å²) in [7, 11) is 0. The zero-order valence-corrected chi connectivity index (χ0v) is 23.7. The lowest BCUT2D eigenvalue weighted by molar-refractivity contribution is -0.128. The Balaban J connectivity index is 1.30. The fraction of sp³-hybridized carbons (Fsp3) is 0.562. The van der Waals surface area contributed by atoms with Crippen molar-refractivity contribution in [1.29, 1.82) is 5.26 Å². The molecule has 0 radical (unpaired) electrons. The van der Waals surface area contributed by atoms with E-state index >= 15 is 0 Å². The maximum atomic E-state index is 12.5. The Bertz CT molecular complexity index is 1430. The number of aryl methyl sites for hydroxylation is 1. The number of carbonyl (C=O) groups is 1. The highest BCUT2D eigenvalue weighted by Crippen LogP contribution is 2.37. The van der Waals surface area contributed by atoms with Gasteiger partial charge >= 0.3 is 6.01 Å². The third-order valence-corrected chi connectivity index (χ3v) is 9.14. The van der Waals surface area contributed by atoms with E-state index in [9.17, 15) is 10.1 Å². The van der Waals surface area contributed by atoms with E-state index < -0.39 is 6.98 Å². The number of hydrogen-bond acceptors (Lipinski definition) is 8. The second-order valence-corrected chi connectivity index (χ2v) is 11.6. The number of carbonyl (C=O) groups excluding carboxylic acids is 1. The number of rotatable bonds is 7. The molecule has 0 spiro atoms. The summed E-state index contributed by atoms with van der Waals surface area (Å²) < 4.78 is 30.0. The van der Waals surface area contributed by atoms with Gasteiger partial charge in [-0.15, -0.1) is 0 Å². The fourth-order valence-electron chi connectivity index (χ4n) is 7.01. The van der Waals surface area contributed by atoms with Gasteiger partial charge in [0, 0.05) is 60.0 Å². The van der Waals surface area contributed by atoms with E-state index in [4.69, 9.17) is 18.8 Å². The average molecular weight is 559 g/mol. The number of piperazine rings is 1. The molecule has 0 N–H and O–H groups in total. The molecule has 3 aliphatic heterocycles. The normalized spacial score (nSPS) is 25.8. The lowest BCUT2D eigenvalue weighted by Crippen LogP contribution is -2.55. The minimum atomic E-state index is -2.16. The van der Waals surface area contributed by atoms with Crippen LogP contribution in [0, 0.1) is 11.3 Å². The molecule has 1 aromatic heterocycles. The zero-order chi connectivity index (χ0) is 30.8. The van der Waals surface area contributed by atoms with E-state index in [0.29, 0.717) is 32.2 Å². The van der Waals surface area contributed by atoms with E-state index in [0.717, 1.165) is 68.6 Å². The Morgan fingerprint density at radius 1 is 1.17 bits per heavy atom. The molecule has 2 saturated heterocycles. The van der Waals surface area contributed by atoms with Gasteiger partial charge in [0.05, 0.1) is 24.2 Å². The smallest absolute Gasteiger partial charge is 0.318 e. The number of hydrogen-bond donors (Lipinski definition) is 0. The maximum absolute atomic E-state index is 12.5. The van der Waals surface area contributed by atoms with Crippen LogP contribution in [0.5, 0.6) is 6.01 Å². The summed E-state index contributed by atoms with van der Waals surface area (Å²) in [6.07, 6.45) is 7.87. The van der Waals surface area contributed by atoms with Crippen LogP contribution < -0.4 is 14.5 Å². The van der Waals surface area contributed by atoms with Crippen molar-refractivity contribution in [1.82, 2.24) is 19.8 Å². The highest BCUT2D eigenvalue weighted by atomic mass is 16.5. The summed E-state index contributed by atoms with van der Waals surface area (Å²) in [5, 5.41) is 9.53. The van der Waals surface area contributed by atoms with E-state index in [1.807, 2.05) is 0 Å². The van der Waals surface area contributed by atoms with Gasteiger partial charge in [-0.2, -0.15) is 15.2 Å². The molecule has 1 amide bonds. The van der Waals surface area contributed by atoms with E-state index in [2.05, 4.69) is 46.7 Å². The van der Waals surface area contributed by atoms with Crippen molar-refractivity contribution in [2.45, 2.75) is 69.5 Å². The SMILES string of the molecule is [2H]C([2H])([2H])N1CCC[C@H]1COc1nc2c(c(N3CCN(C(=O)C=C)[C@@H](CC#N)C3)n1)CC[C@H](N1CCCc3ccccc31)C2. The number of anilines is 2. The molecule has 9 heteroatoms. The number of ether oxygens (including phenoxy) is 1. The quantitative estimate of drug-likeness (QED) is 0.478. The van der Waals surface area contributed by atoms with Crippen LogP contribution in [-0.2, 0) is 24.1 Å². The van der Waals surface area contributed by atoms with E-state index in [1.165, 1.54) is 17.3 Å². The van der Waals surface area contributed by atoms with Gasteiger partial charge < -0.3 is 24.3 Å². The number of amides is 1. The number of likely N-dealkylation sites (tertiary alicyclic amines) is 1. The number of nitriles is 1. The molecular weight excluding hydrogens is 514 g/mol. The third-order valence-electron chi connectivity index (χ3n) is 9.14. The van der Waals surface area contributed by atoms with Crippen molar-refractivity contribution in [3.63, 3.8) is 0 Å². The largest absolute Gasteiger partial charge is 0.462 e. The lowest BCUT2D eigenvalue weighted by atomic mass is 9.88. The van der Waals surface area contributed by atoms with Crippen LogP contribution in [0.4, 0.5) is 11.5 Å². The highest BCUT2D eigenvalue weighted by Gasteiger charge is 2.35. The van der Waals surface area contributed by atoms with Crippen LogP contribution in [0.15, 0.2) is 36.9 Å². The number of fused-ring (bicyclic) bond motifs is 2. The van der Waals surface area contributed by atoms with E-state index in [-0.39, 0.29) is 37.0 Å². The lowest BCUT2D eigenvalue weighted by Gasteiger charge is -2.43. The van der Waals surface area contributed by atoms with Crippen LogP contribution in [-0.4, -0.2) is 90.1 Å². The molecule has 2 fully saturated rings. The summed E-state index contributed by atoms with van der Waals surface area (Å²) in [6.45, 7) is 4.74. The third kappa shape index (κ3) is 5.62. The molecular formula is C32H41N7O2. The first-order valence-corrected chi connectivity index (χ1v) is 15.0. The van der Waals surface area contributed by atoms with Gasteiger partial charge in [0.2, 0.25) is 5.91 Å². The molecule has 4 aliphatic rings. The predicted molar refractivity (Wildman–Crippen MR) is 159 cm³/mol. The van der Waals surface area contributed by atoms with Crippen molar-refractivity contribution >= 4 is 17.4 Å². The monoisotopic (exact) mass is 558 g/mol. The van der Waals surface area contributed by atoms with Crippen molar-refractivity contribution in [3.05, 3.63) is 53.7 Å². The molecule has 0 bridgehead atoms. The van der Waals surface area contributed by atoms with Crippen LogP contribution >= 0.6 is 0 Å². The highest BCUT2D eigenvalue weighted by molar-refractivity contribution is 5.87. The fourth-order valence-corrected chi connectivity index (χ4v) is 7.01. The molecule has 6 rings (SSSR count). The molecule has 1 aliphatic carbocycles. The maximum Gasteiger partial charge on any atom is 0.318 e. The Labute approximate surface area is 247 Å². The Morgan fingerprint density at radius 2 is 2.07 bits per heavy atom. The Kier molecular flexibility index (Phi) is 7.07. The number of aromatic nitrogens is 2. The average Bonchev–Trinajstić information content (AvgIpc) is 3.52. The Hall–Kier alpha value is -3.64. The summed E-state index contributed by atoms with van der Waals surface area (Å²) in [5.41, 5.74) is 4.77. The summed E-state index contributed by atoms with van der Waals surface area (Å²) >= 11 is 0. The second-order valence-electron chi connectivity index (χ2n) is 11.6. The molecule has 2 aromatic rings. The van der Waals surface area contributed by atoms with Gasteiger partial charge in [0.25, 0.3) is 0 Å². The van der Waals surface area contributed by atoms with Crippen molar-refractivity contribution in [3.8, 4) is 12.1 Å².